The number of hydrogen-bond donors (Lipinski definition) is 0. The highest BCUT2D eigenvalue weighted by molar-refractivity contribution is 4.99. The molecular weight excluding hydrogens is 144 g/mol. The second kappa shape index (κ2) is 4.11. The van der Waals surface area contributed by atoms with Gasteiger partial charge in [-0.3, -0.25) is 0 Å². The van der Waals surface area contributed by atoms with Gasteiger partial charge in [-0.25, -0.2) is 0 Å². The SMILES string of the molecule is CC(C)[C@@H]1C=C[C@H](C(C)C)CC1. The Kier molecular flexibility index (Phi) is 3.37. The fraction of sp³-hybridized carbons (Fsp3) is 0.833. The molecule has 0 unspecified atom stereocenters. The van der Waals surface area contributed by atoms with E-state index in [4.69, 9.17) is 0 Å². The van der Waals surface area contributed by atoms with Crippen LogP contribution in [0.5, 0.6) is 0 Å². The third kappa shape index (κ3) is 2.36. The summed E-state index contributed by atoms with van der Waals surface area (Å²) in [5, 5.41) is 0. The van der Waals surface area contributed by atoms with Gasteiger partial charge in [0, 0.05) is 0 Å². The molecular formula is C12H22. The molecule has 0 fully saturated rings. The van der Waals surface area contributed by atoms with Crippen molar-refractivity contribution < 1.29 is 0 Å². The summed E-state index contributed by atoms with van der Waals surface area (Å²) in [4.78, 5) is 0. The van der Waals surface area contributed by atoms with E-state index in [9.17, 15) is 0 Å². The molecule has 70 valence electrons. The predicted octanol–water partition coefficient (Wildman–Crippen LogP) is 3.88. The van der Waals surface area contributed by atoms with Crippen LogP contribution in [0.4, 0.5) is 0 Å². The average Bonchev–Trinajstić information content (AvgIpc) is 2.04. The van der Waals surface area contributed by atoms with Crippen LogP contribution in [-0.4, -0.2) is 0 Å². The molecule has 2 atom stereocenters. The molecule has 0 heteroatoms. The van der Waals surface area contributed by atoms with Crippen LogP contribution in [0.1, 0.15) is 40.5 Å². The lowest BCUT2D eigenvalue weighted by molar-refractivity contribution is 0.332. The zero-order valence-electron chi connectivity index (χ0n) is 8.88. The van der Waals surface area contributed by atoms with E-state index in [0.717, 1.165) is 23.7 Å². The minimum Gasteiger partial charge on any atom is -0.0849 e. The minimum atomic E-state index is 0.828. The molecule has 0 aromatic heterocycles. The second-order valence-corrected chi connectivity index (χ2v) is 4.78. The van der Waals surface area contributed by atoms with Gasteiger partial charge in [0.2, 0.25) is 0 Å². The zero-order valence-corrected chi connectivity index (χ0v) is 8.88. The Morgan fingerprint density at radius 2 is 1.17 bits per heavy atom. The lowest BCUT2D eigenvalue weighted by atomic mass is 9.79. The van der Waals surface area contributed by atoms with E-state index in [1.54, 1.807) is 0 Å². The van der Waals surface area contributed by atoms with Gasteiger partial charge in [0.05, 0.1) is 0 Å². The fourth-order valence-corrected chi connectivity index (χ4v) is 1.97. The van der Waals surface area contributed by atoms with Gasteiger partial charge < -0.3 is 0 Å². The summed E-state index contributed by atoms with van der Waals surface area (Å²) in [6.07, 6.45) is 7.69. The highest BCUT2D eigenvalue weighted by atomic mass is 14.2. The second-order valence-electron chi connectivity index (χ2n) is 4.78. The summed E-state index contributed by atoms with van der Waals surface area (Å²) in [6, 6.07) is 0. The third-order valence-corrected chi connectivity index (χ3v) is 3.15. The predicted molar refractivity (Wildman–Crippen MR) is 55.0 cm³/mol. The summed E-state index contributed by atoms with van der Waals surface area (Å²) in [5.74, 6) is 3.35. The molecule has 0 radical (unpaired) electrons. The van der Waals surface area contributed by atoms with Crippen molar-refractivity contribution in [1.82, 2.24) is 0 Å². The summed E-state index contributed by atoms with van der Waals surface area (Å²) < 4.78 is 0. The van der Waals surface area contributed by atoms with Crippen molar-refractivity contribution in [3.05, 3.63) is 12.2 Å². The van der Waals surface area contributed by atoms with Gasteiger partial charge in [0.1, 0.15) is 0 Å². The van der Waals surface area contributed by atoms with E-state index in [-0.39, 0.29) is 0 Å². The number of allylic oxidation sites excluding steroid dienone is 2. The molecule has 0 aromatic carbocycles. The van der Waals surface area contributed by atoms with Crippen molar-refractivity contribution >= 4 is 0 Å². The minimum absolute atomic E-state index is 0.828. The van der Waals surface area contributed by atoms with Crippen LogP contribution in [0.25, 0.3) is 0 Å². The Balaban J connectivity index is 2.47. The number of hydrogen-bond acceptors (Lipinski definition) is 0. The first-order chi connectivity index (χ1) is 5.61. The molecule has 0 amide bonds. The van der Waals surface area contributed by atoms with Crippen LogP contribution in [-0.2, 0) is 0 Å². The molecule has 0 nitrogen and oxygen atoms in total. The Morgan fingerprint density at radius 3 is 1.33 bits per heavy atom. The standard InChI is InChI=1S/C12H22/c1-9(2)11-5-7-12(8-6-11)10(3)4/h5,7,9-12H,6,8H2,1-4H3/t11-,12+. The Labute approximate surface area is 77.1 Å². The zero-order chi connectivity index (χ0) is 9.14. The van der Waals surface area contributed by atoms with Gasteiger partial charge in [-0.1, -0.05) is 39.8 Å². The molecule has 0 spiro atoms. The summed E-state index contributed by atoms with van der Waals surface area (Å²) >= 11 is 0. The molecule has 12 heavy (non-hydrogen) atoms. The van der Waals surface area contributed by atoms with Crippen molar-refractivity contribution in [2.45, 2.75) is 40.5 Å². The van der Waals surface area contributed by atoms with Crippen molar-refractivity contribution in [3.63, 3.8) is 0 Å². The van der Waals surface area contributed by atoms with E-state index in [0.29, 0.717) is 0 Å². The van der Waals surface area contributed by atoms with E-state index >= 15 is 0 Å². The van der Waals surface area contributed by atoms with Gasteiger partial charge in [0.25, 0.3) is 0 Å². The largest absolute Gasteiger partial charge is 0.0849 e. The first-order valence-electron chi connectivity index (χ1n) is 5.29. The number of rotatable bonds is 2. The van der Waals surface area contributed by atoms with E-state index in [1.807, 2.05) is 0 Å². The van der Waals surface area contributed by atoms with Crippen LogP contribution >= 0.6 is 0 Å². The van der Waals surface area contributed by atoms with E-state index in [2.05, 4.69) is 39.8 Å². The van der Waals surface area contributed by atoms with Crippen LogP contribution in [0, 0.1) is 23.7 Å². The normalized spacial score (nSPS) is 30.2. The van der Waals surface area contributed by atoms with Crippen LogP contribution in [0.15, 0.2) is 12.2 Å². The molecule has 1 aliphatic rings. The van der Waals surface area contributed by atoms with Gasteiger partial charge in [-0.05, 0) is 36.5 Å². The fourth-order valence-electron chi connectivity index (χ4n) is 1.97. The molecule has 0 aliphatic heterocycles. The first-order valence-corrected chi connectivity index (χ1v) is 5.29. The quantitative estimate of drug-likeness (QED) is 0.546. The Morgan fingerprint density at radius 1 is 0.833 bits per heavy atom. The van der Waals surface area contributed by atoms with Crippen LogP contribution in [0.3, 0.4) is 0 Å². The van der Waals surface area contributed by atoms with Gasteiger partial charge in [0.15, 0.2) is 0 Å². The van der Waals surface area contributed by atoms with Crippen molar-refractivity contribution in [3.8, 4) is 0 Å². The van der Waals surface area contributed by atoms with E-state index < -0.39 is 0 Å². The maximum atomic E-state index is 2.44. The first kappa shape index (κ1) is 9.83. The molecule has 0 bridgehead atoms. The summed E-state index contributed by atoms with van der Waals surface area (Å²) in [7, 11) is 0. The topological polar surface area (TPSA) is 0 Å². The average molecular weight is 166 g/mol. The maximum Gasteiger partial charge on any atom is -0.0210 e. The molecule has 1 aliphatic carbocycles. The molecule has 0 aromatic rings. The third-order valence-electron chi connectivity index (χ3n) is 3.15. The maximum absolute atomic E-state index is 2.44. The van der Waals surface area contributed by atoms with Gasteiger partial charge in [-0.2, -0.15) is 0 Å². The lowest BCUT2D eigenvalue weighted by Crippen LogP contribution is -2.16. The van der Waals surface area contributed by atoms with Gasteiger partial charge >= 0.3 is 0 Å². The Hall–Kier alpha value is -0.260. The van der Waals surface area contributed by atoms with E-state index in [1.165, 1.54) is 12.8 Å². The molecule has 1 rings (SSSR count). The summed E-state index contributed by atoms with van der Waals surface area (Å²) in [6.45, 7) is 9.30. The van der Waals surface area contributed by atoms with Crippen molar-refractivity contribution in [2.24, 2.45) is 23.7 Å². The van der Waals surface area contributed by atoms with Crippen molar-refractivity contribution in [1.29, 1.82) is 0 Å². The Bertz CT molecular complexity index is 135. The molecule has 0 saturated carbocycles. The monoisotopic (exact) mass is 166 g/mol. The highest BCUT2D eigenvalue weighted by Gasteiger charge is 2.19. The van der Waals surface area contributed by atoms with Crippen molar-refractivity contribution in [2.75, 3.05) is 0 Å². The molecule has 0 saturated heterocycles. The smallest absolute Gasteiger partial charge is 0.0210 e. The van der Waals surface area contributed by atoms with Crippen LogP contribution < -0.4 is 0 Å². The molecule has 0 N–H and O–H groups in total. The lowest BCUT2D eigenvalue weighted by Gasteiger charge is -2.27. The van der Waals surface area contributed by atoms with Gasteiger partial charge in [-0.15, -0.1) is 0 Å². The highest BCUT2D eigenvalue weighted by Crippen LogP contribution is 2.30. The van der Waals surface area contributed by atoms with Crippen LogP contribution in [0.2, 0.25) is 0 Å². The summed E-state index contributed by atoms with van der Waals surface area (Å²) in [5.41, 5.74) is 0. The molecule has 0 heterocycles.